The molecular formula is C18H17F2IN4S. The van der Waals surface area contributed by atoms with E-state index in [2.05, 4.69) is 18.8 Å². The Hall–Kier alpha value is -1.86. The van der Waals surface area contributed by atoms with E-state index in [9.17, 15) is 14.0 Å². The van der Waals surface area contributed by atoms with Crippen molar-refractivity contribution in [3.63, 3.8) is 0 Å². The maximum absolute atomic E-state index is 14.3. The zero-order valence-electron chi connectivity index (χ0n) is 14.5. The fraction of sp³-hybridized carbons (Fsp3) is 0.222. The van der Waals surface area contributed by atoms with Crippen molar-refractivity contribution in [3.05, 3.63) is 58.4 Å². The minimum Gasteiger partial charge on any atom is -0.381 e. The van der Waals surface area contributed by atoms with Gasteiger partial charge >= 0.3 is 0 Å². The van der Waals surface area contributed by atoms with Crippen LogP contribution in [0.3, 0.4) is 0 Å². The number of nitriles is 1. The molecule has 0 aliphatic carbocycles. The van der Waals surface area contributed by atoms with Crippen molar-refractivity contribution in [3.8, 4) is 6.07 Å². The Labute approximate surface area is 169 Å². The predicted octanol–water partition coefficient (Wildman–Crippen LogP) is 5.60. The summed E-state index contributed by atoms with van der Waals surface area (Å²) in [6, 6.07) is 6.21. The first-order valence-electron chi connectivity index (χ1n) is 7.84. The van der Waals surface area contributed by atoms with E-state index in [-0.39, 0.29) is 22.9 Å². The molecule has 0 spiro atoms. The first-order valence-corrected chi connectivity index (χ1v) is 9.57. The highest BCUT2D eigenvalue weighted by Crippen LogP contribution is 2.43. The smallest absolute Gasteiger partial charge is 0.166 e. The third kappa shape index (κ3) is 4.27. The summed E-state index contributed by atoms with van der Waals surface area (Å²) in [5.41, 5.74) is 7.71. The minimum atomic E-state index is -0.752. The number of anilines is 1. The zero-order valence-corrected chi connectivity index (χ0v) is 17.5. The summed E-state index contributed by atoms with van der Waals surface area (Å²) in [7, 11) is 0. The van der Waals surface area contributed by atoms with E-state index in [4.69, 9.17) is 5.73 Å². The second-order valence-corrected chi connectivity index (χ2v) is 8.28. The highest BCUT2D eigenvalue weighted by molar-refractivity contribution is 14.1. The Morgan fingerprint density at radius 1 is 1.27 bits per heavy atom. The van der Waals surface area contributed by atoms with E-state index in [1.807, 2.05) is 35.0 Å². The van der Waals surface area contributed by atoms with Gasteiger partial charge in [0.25, 0.3) is 0 Å². The van der Waals surface area contributed by atoms with Crippen LogP contribution in [0.2, 0.25) is 0 Å². The van der Waals surface area contributed by atoms with Gasteiger partial charge in [0.05, 0.1) is 39.0 Å². The fourth-order valence-electron chi connectivity index (χ4n) is 2.29. The number of benzene rings is 1. The molecule has 0 saturated carbocycles. The summed E-state index contributed by atoms with van der Waals surface area (Å²) in [4.78, 5) is 4.44. The normalized spacial score (nSPS) is 12.5. The van der Waals surface area contributed by atoms with Gasteiger partial charge in [-0.05, 0) is 30.7 Å². The molecule has 1 aromatic heterocycles. The summed E-state index contributed by atoms with van der Waals surface area (Å²) < 4.78 is 29.5. The molecule has 0 bridgehead atoms. The van der Waals surface area contributed by atoms with Crippen molar-refractivity contribution in [1.29, 1.82) is 5.26 Å². The Bertz CT molecular complexity index is 909. The molecule has 136 valence electrons. The van der Waals surface area contributed by atoms with E-state index >= 15 is 0 Å². The summed E-state index contributed by atoms with van der Waals surface area (Å²) >= 11 is 3.22. The third-order valence-electron chi connectivity index (χ3n) is 3.27. The number of fused-ring (bicyclic) bond motifs is 1. The molecule has 0 saturated heterocycles. The van der Waals surface area contributed by atoms with Gasteiger partial charge < -0.3 is 5.73 Å². The van der Waals surface area contributed by atoms with Gasteiger partial charge in [0.15, 0.2) is 11.6 Å². The van der Waals surface area contributed by atoms with Gasteiger partial charge in [-0.2, -0.15) is 5.26 Å². The monoisotopic (exact) mass is 486 g/mol. The van der Waals surface area contributed by atoms with Crippen LogP contribution in [-0.4, -0.2) is 7.50 Å². The number of aromatic nitrogens is 1. The van der Waals surface area contributed by atoms with Crippen molar-refractivity contribution < 1.29 is 8.78 Å². The van der Waals surface area contributed by atoms with Crippen LogP contribution in [0.1, 0.15) is 42.7 Å². The molecule has 4 nitrogen and oxygen atoms in total. The standard InChI is InChI=1S/C15H9F2IN4S.C3H8/c1-7-2-9-10(6-22(18)23-14(9)11(16)3-7)13-8(5-19)4-12(17)15(20)21-13;1-3-2/h2-4,6H,1H3,(H2,20,21);3H2,1-2H3. The first kappa shape index (κ1) is 20.5. The molecule has 2 N–H and O–H groups in total. The number of pyridine rings is 1. The lowest BCUT2D eigenvalue weighted by Crippen LogP contribution is -2.10. The number of nitrogen functional groups attached to an aromatic ring is 1. The Morgan fingerprint density at radius 2 is 1.92 bits per heavy atom. The van der Waals surface area contributed by atoms with E-state index in [0.29, 0.717) is 16.0 Å². The summed E-state index contributed by atoms with van der Waals surface area (Å²) in [5.74, 6) is -1.41. The van der Waals surface area contributed by atoms with Crippen molar-refractivity contribution in [2.75, 3.05) is 5.73 Å². The fourth-order valence-corrected chi connectivity index (χ4v) is 3.90. The first-order chi connectivity index (χ1) is 12.3. The van der Waals surface area contributed by atoms with Crippen LogP contribution in [0.4, 0.5) is 14.6 Å². The van der Waals surface area contributed by atoms with Gasteiger partial charge in [-0.1, -0.05) is 20.3 Å². The molecule has 1 aliphatic heterocycles. The Morgan fingerprint density at radius 3 is 2.54 bits per heavy atom. The van der Waals surface area contributed by atoms with Crippen molar-refractivity contribution in [2.45, 2.75) is 32.1 Å². The lowest BCUT2D eigenvalue weighted by atomic mass is 9.97. The van der Waals surface area contributed by atoms with Gasteiger partial charge in [0.1, 0.15) is 11.9 Å². The van der Waals surface area contributed by atoms with Gasteiger partial charge in [0, 0.05) is 29.3 Å². The number of nitrogens with zero attached hydrogens (tertiary/aromatic N) is 3. The van der Waals surface area contributed by atoms with Crippen LogP contribution < -0.4 is 5.73 Å². The van der Waals surface area contributed by atoms with Crippen LogP contribution in [-0.2, 0) is 0 Å². The Kier molecular flexibility index (Phi) is 6.83. The molecule has 3 rings (SSSR count). The molecule has 0 radical (unpaired) electrons. The van der Waals surface area contributed by atoms with Crippen molar-refractivity contribution in [2.24, 2.45) is 0 Å². The average molecular weight is 486 g/mol. The highest BCUT2D eigenvalue weighted by Gasteiger charge is 2.25. The highest BCUT2D eigenvalue weighted by atomic mass is 127. The number of rotatable bonds is 1. The van der Waals surface area contributed by atoms with E-state index in [0.717, 1.165) is 11.6 Å². The Balaban J connectivity index is 0.000000758. The summed E-state index contributed by atoms with van der Waals surface area (Å²) in [6.07, 6.45) is 2.97. The topological polar surface area (TPSA) is 65.9 Å². The van der Waals surface area contributed by atoms with Gasteiger partial charge in [-0.3, -0.25) is 2.52 Å². The van der Waals surface area contributed by atoms with E-state index in [1.54, 1.807) is 15.6 Å². The molecule has 2 heterocycles. The molecule has 0 atom stereocenters. The maximum atomic E-state index is 14.3. The lowest BCUT2D eigenvalue weighted by Gasteiger charge is -2.24. The lowest BCUT2D eigenvalue weighted by molar-refractivity contribution is 0.598. The SMILES string of the molecule is CCC.Cc1cc(F)c2c(c1)C(c1nc(N)c(F)cc1C#N)=CN(I)S2. The second-order valence-electron chi connectivity index (χ2n) is 5.60. The van der Waals surface area contributed by atoms with Gasteiger partial charge in [-0.25, -0.2) is 13.8 Å². The number of hydrogen-bond acceptors (Lipinski definition) is 5. The minimum absolute atomic E-state index is 0.0486. The molecule has 1 aliphatic rings. The zero-order chi connectivity index (χ0) is 19.4. The molecule has 26 heavy (non-hydrogen) atoms. The summed E-state index contributed by atoms with van der Waals surface area (Å²) in [6.45, 7) is 6.03. The summed E-state index contributed by atoms with van der Waals surface area (Å²) in [5, 5.41) is 9.27. The molecule has 0 unspecified atom stereocenters. The predicted molar refractivity (Wildman–Crippen MR) is 109 cm³/mol. The number of halogens is 3. The molecule has 0 amide bonds. The quantitative estimate of drug-likeness (QED) is 0.323. The van der Waals surface area contributed by atoms with Gasteiger partial charge in [0.2, 0.25) is 0 Å². The number of aryl methyl sites for hydroxylation is 1. The van der Waals surface area contributed by atoms with Crippen LogP contribution >= 0.6 is 34.8 Å². The molecule has 0 fully saturated rings. The third-order valence-corrected chi connectivity index (χ3v) is 5.01. The molecular weight excluding hydrogens is 469 g/mol. The van der Waals surface area contributed by atoms with E-state index in [1.165, 1.54) is 24.4 Å². The van der Waals surface area contributed by atoms with Crippen LogP contribution in [0.25, 0.3) is 5.57 Å². The number of hydrogen-bond donors (Lipinski definition) is 1. The maximum Gasteiger partial charge on any atom is 0.166 e. The second kappa shape index (κ2) is 8.68. The van der Waals surface area contributed by atoms with Crippen LogP contribution in [0.15, 0.2) is 29.3 Å². The van der Waals surface area contributed by atoms with Crippen molar-refractivity contribution >= 4 is 46.2 Å². The van der Waals surface area contributed by atoms with Crippen LogP contribution in [0.5, 0.6) is 0 Å². The van der Waals surface area contributed by atoms with Gasteiger partial charge in [-0.15, -0.1) is 0 Å². The van der Waals surface area contributed by atoms with Crippen LogP contribution in [0, 0.1) is 29.9 Å². The molecule has 1 aromatic carbocycles. The van der Waals surface area contributed by atoms with E-state index < -0.39 is 5.82 Å². The molecule has 8 heteroatoms. The van der Waals surface area contributed by atoms with Crippen molar-refractivity contribution in [1.82, 2.24) is 7.50 Å². The molecule has 2 aromatic rings. The number of nitrogens with two attached hydrogens (primary N) is 1. The largest absolute Gasteiger partial charge is 0.381 e. The average Bonchev–Trinajstić information content (AvgIpc) is 2.58.